The average molecular weight is 966 g/mol. The molecule has 6 aromatic rings. The van der Waals surface area contributed by atoms with Gasteiger partial charge in [0.2, 0.25) is 5.56 Å². The van der Waals surface area contributed by atoms with E-state index in [0.29, 0.717) is 59.6 Å². The van der Waals surface area contributed by atoms with E-state index in [1.807, 2.05) is 17.1 Å². The number of carbonyl (C=O) groups is 3. The number of hydrazine groups is 1. The van der Waals surface area contributed by atoms with Gasteiger partial charge in [-0.2, -0.15) is 5.01 Å². The van der Waals surface area contributed by atoms with Crippen LogP contribution >= 0.6 is 0 Å². The maximum atomic E-state index is 14.1. The Bertz CT molecular complexity index is 2880. The minimum Gasteiger partial charge on any atom is -0.507 e. The third-order valence-corrected chi connectivity index (χ3v) is 13.9. The third kappa shape index (κ3) is 11.7. The van der Waals surface area contributed by atoms with Gasteiger partial charge in [0.25, 0.3) is 0 Å². The van der Waals surface area contributed by atoms with Gasteiger partial charge in [-0.05, 0) is 103 Å². The van der Waals surface area contributed by atoms with E-state index in [1.54, 1.807) is 77.8 Å². The number of hydrogen-bond acceptors (Lipinski definition) is 14. The lowest BCUT2D eigenvalue weighted by Gasteiger charge is -2.53. The number of aromatic nitrogens is 1. The van der Waals surface area contributed by atoms with Crippen LogP contribution in [0.2, 0.25) is 0 Å². The number of ether oxygens (including phenoxy) is 3. The molecule has 16 heteroatoms. The molecule has 4 aliphatic heterocycles. The first-order valence-electron chi connectivity index (χ1n) is 24.2. The largest absolute Gasteiger partial charge is 0.507 e. The first-order valence-corrected chi connectivity index (χ1v) is 24.2. The van der Waals surface area contributed by atoms with Crippen LogP contribution in [-0.2, 0) is 38.6 Å². The number of Topliss-reactive ketones (excluding diaryl/α,β-unsaturated/α-hetero) is 1. The second-order valence-corrected chi connectivity index (χ2v) is 18.6. The number of nitrogens with one attached hydrogen (secondary N) is 2. The lowest BCUT2D eigenvalue weighted by atomic mass is 9.90. The molecule has 0 radical (unpaired) electrons. The number of phenols is 2. The number of esters is 1. The molecular formula is C55H59N5O11. The first-order chi connectivity index (χ1) is 34.5. The number of rotatable bonds is 20. The number of ketones is 1. The van der Waals surface area contributed by atoms with Crippen molar-refractivity contribution in [3.05, 3.63) is 159 Å². The summed E-state index contributed by atoms with van der Waals surface area (Å²) in [6.07, 6.45) is 1.66. The van der Waals surface area contributed by atoms with Gasteiger partial charge in [0, 0.05) is 61.2 Å². The van der Waals surface area contributed by atoms with Crippen molar-refractivity contribution in [2.45, 2.75) is 63.6 Å². The predicted molar refractivity (Wildman–Crippen MR) is 264 cm³/mol. The Morgan fingerprint density at radius 1 is 0.789 bits per heavy atom. The summed E-state index contributed by atoms with van der Waals surface area (Å²) in [5.74, 6) is -1.71. The molecule has 2 bridgehead atoms. The van der Waals surface area contributed by atoms with E-state index in [4.69, 9.17) is 14.2 Å². The summed E-state index contributed by atoms with van der Waals surface area (Å²) in [6.45, 7) is 4.52. The molecule has 1 aromatic heterocycles. The second-order valence-electron chi connectivity index (χ2n) is 18.6. The molecule has 0 aliphatic carbocycles. The molecule has 71 heavy (non-hydrogen) atoms. The number of aromatic amines is 1. The fraction of sp³-hybridized carbons (Fsp3) is 0.345. The number of nitrogens with zero attached hydrogens (tertiary/aromatic N) is 3. The molecule has 3 atom stereocenters. The number of piperidine rings is 2. The first kappa shape index (κ1) is 49.1. The Kier molecular flexibility index (Phi) is 15.5. The number of H-pyrrole nitrogens is 1. The molecule has 4 fully saturated rings. The Balaban J connectivity index is 0.791. The van der Waals surface area contributed by atoms with Crippen LogP contribution in [0, 0.1) is 11.8 Å². The molecule has 4 saturated heterocycles. The molecule has 6 N–H and O–H groups in total. The third-order valence-electron chi connectivity index (χ3n) is 13.9. The highest BCUT2D eigenvalue weighted by Gasteiger charge is 2.49. The standard InChI is InChI=1S/C55H59N5O11/c61-45-11-5-9-41(29-49(65)69-33-37-20-24-58(25-21-37)32-36-6-2-1-3-7-36)50(45)40-8-4-10-42(28-40)70-34-71-54-39-22-26-59(27-23-39)60(54)52(55(67)68)53(66)38-14-12-35(13-15-38)30-56-31-47(63)43-16-18-46(62)51-44(43)17-19-48(64)57-51/h1-19,28,37,39,47,52,54,56,61-63H,20-27,29-34H2,(H,57,64)(H,67,68)/t47-,52-,54-/m0/s1. The zero-order valence-electron chi connectivity index (χ0n) is 39.3. The van der Waals surface area contributed by atoms with Crippen molar-refractivity contribution in [2.24, 2.45) is 11.8 Å². The minimum atomic E-state index is -1.57. The van der Waals surface area contributed by atoms with Gasteiger partial charge in [0.05, 0.1) is 24.6 Å². The van der Waals surface area contributed by atoms with Crippen molar-refractivity contribution >= 4 is 28.6 Å². The van der Waals surface area contributed by atoms with E-state index in [1.165, 1.54) is 17.7 Å². The lowest BCUT2D eigenvalue weighted by Crippen LogP contribution is -2.68. The molecule has 0 amide bonds. The van der Waals surface area contributed by atoms with E-state index in [0.717, 1.165) is 50.9 Å². The number of phenolic OH excluding ortho intramolecular Hbond substituents is 2. The molecule has 5 aromatic carbocycles. The number of aliphatic hydroxyl groups is 1. The van der Waals surface area contributed by atoms with Gasteiger partial charge in [-0.1, -0.05) is 84.9 Å². The molecule has 5 heterocycles. The van der Waals surface area contributed by atoms with Crippen LogP contribution in [0.4, 0.5) is 0 Å². The van der Waals surface area contributed by atoms with Crippen LogP contribution in [-0.4, -0.2) is 116 Å². The summed E-state index contributed by atoms with van der Waals surface area (Å²) in [7, 11) is 0. The van der Waals surface area contributed by atoms with Gasteiger partial charge in [0.15, 0.2) is 18.6 Å². The fourth-order valence-electron chi connectivity index (χ4n) is 10.2. The number of hydrogen-bond donors (Lipinski definition) is 6. The van der Waals surface area contributed by atoms with E-state index in [2.05, 4.69) is 39.5 Å². The molecule has 4 aliphatic rings. The van der Waals surface area contributed by atoms with Gasteiger partial charge in [0.1, 0.15) is 23.5 Å². The Morgan fingerprint density at radius 3 is 2.31 bits per heavy atom. The van der Waals surface area contributed by atoms with Crippen molar-refractivity contribution in [1.29, 1.82) is 0 Å². The molecule has 0 spiro atoms. The van der Waals surface area contributed by atoms with Gasteiger partial charge in [-0.15, -0.1) is 0 Å². The molecule has 370 valence electrons. The van der Waals surface area contributed by atoms with Crippen molar-refractivity contribution in [3.63, 3.8) is 0 Å². The van der Waals surface area contributed by atoms with Gasteiger partial charge >= 0.3 is 11.9 Å². The van der Waals surface area contributed by atoms with Gasteiger partial charge in [-0.25, -0.2) is 9.80 Å². The summed E-state index contributed by atoms with van der Waals surface area (Å²) in [4.78, 5) is 57.2. The van der Waals surface area contributed by atoms with Crippen LogP contribution in [0.1, 0.15) is 64.4 Å². The summed E-state index contributed by atoms with van der Waals surface area (Å²) >= 11 is 0. The van der Waals surface area contributed by atoms with Crippen LogP contribution in [0.5, 0.6) is 17.2 Å². The lowest BCUT2D eigenvalue weighted by molar-refractivity contribution is -0.267. The topological polar surface area (TPSA) is 214 Å². The summed E-state index contributed by atoms with van der Waals surface area (Å²) in [6, 6.07) is 33.5. The van der Waals surface area contributed by atoms with Crippen LogP contribution in [0.3, 0.4) is 0 Å². The molecule has 0 unspecified atom stereocenters. The second kappa shape index (κ2) is 22.4. The van der Waals surface area contributed by atoms with Crippen LogP contribution in [0.15, 0.2) is 126 Å². The average Bonchev–Trinajstić information content (AvgIpc) is 3.37. The molecule has 0 saturated carbocycles. The normalized spacial score (nSPS) is 19.3. The highest BCUT2D eigenvalue weighted by molar-refractivity contribution is 6.11. The van der Waals surface area contributed by atoms with E-state index >= 15 is 0 Å². The highest BCUT2D eigenvalue weighted by Crippen LogP contribution is 2.38. The van der Waals surface area contributed by atoms with E-state index in [9.17, 15) is 39.6 Å². The zero-order chi connectivity index (χ0) is 49.4. The number of aliphatic carboxylic acids is 1. The number of carboxylic acids is 1. The highest BCUT2D eigenvalue weighted by atomic mass is 16.7. The molecular weight excluding hydrogens is 907 g/mol. The van der Waals surface area contributed by atoms with E-state index in [-0.39, 0.29) is 65.7 Å². The minimum absolute atomic E-state index is 0.00458. The predicted octanol–water partition coefficient (Wildman–Crippen LogP) is 6.39. The Hall–Kier alpha value is -6.92. The summed E-state index contributed by atoms with van der Waals surface area (Å²) < 4.78 is 18.2. The molecule has 10 rings (SSSR count). The number of fused-ring (bicyclic) bond motifs is 4. The summed E-state index contributed by atoms with van der Waals surface area (Å²) in [5.41, 5.74) is 4.41. The maximum Gasteiger partial charge on any atom is 0.330 e. The van der Waals surface area contributed by atoms with Crippen LogP contribution < -0.4 is 15.6 Å². The summed E-state index contributed by atoms with van der Waals surface area (Å²) in [5, 5.41) is 50.0. The number of benzene rings is 5. The Morgan fingerprint density at radius 2 is 1.55 bits per heavy atom. The number of carbonyl (C=O) groups excluding carboxylic acids is 2. The quantitative estimate of drug-likeness (QED) is 0.0212. The molecule has 16 nitrogen and oxygen atoms in total. The van der Waals surface area contributed by atoms with Crippen molar-refractivity contribution in [3.8, 4) is 28.4 Å². The van der Waals surface area contributed by atoms with Gasteiger partial charge in [-0.3, -0.25) is 19.3 Å². The smallest absolute Gasteiger partial charge is 0.330 e. The number of aliphatic hydroxyl groups excluding tert-OH is 1. The maximum absolute atomic E-state index is 14.1. The van der Waals surface area contributed by atoms with Crippen molar-refractivity contribution in [2.75, 3.05) is 46.1 Å². The number of pyridine rings is 1. The fourth-order valence-corrected chi connectivity index (χ4v) is 10.2. The number of aromatic hydroxyl groups is 2. The van der Waals surface area contributed by atoms with Crippen molar-refractivity contribution < 1.29 is 49.0 Å². The number of carboxylic acid groups (broad SMARTS) is 1. The van der Waals surface area contributed by atoms with Crippen LogP contribution in [0.25, 0.3) is 22.0 Å². The monoisotopic (exact) mass is 965 g/mol. The SMILES string of the molecule is O=C(Cc1cccc(O)c1-c1cccc(OCO[C@H]2C3CCN(CC3)N2[C@H](C(=O)O)C(=O)c2ccc(CNC[C@H](O)c3ccc(O)c4[nH]c(=O)ccc34)cc2)c1)OCC1CCN(Cc2ccccc2)CC1. The van der Waals surface area contributed by atoms with Crippen molar-refractivity contribution in [1.82, 2.24) is 25.2 Å². The van der Waals surface area contributed by atoms with Gasteiger partial charge < -0.3 is 44.9 Å². The number of likely N-dealkylation sites (tertiary alicyclic amines) is 1. The zero-order valence-corrected chi connectivity index (χ0v) is 39.3. The van der Waals surface area contributed by atoms with E-state index < -0.39 is 30.1 Å². The Labute approximate surface area is 411 Å².